The molecule has 1 fully saturated rings. The van der Waals surface area contributed by atoms with E-state index in [0.29, 0.717) is 16.4 Å². The number of carbonyl (C=O) groups is 1. The Morgan fingerprint density at radius 2 is 1.82 bits per heavy atom. The number of anilines is 2. The van der Waals surface area contributed by atoms with E-state index in [1.807, 2.05) is 42.5 Å². The van der Waals surface area contributed by atoms with E-state index >= 15 is 0 Å². The minimum Gasteiger partial charge on any atom is -0.378 e. The van der Waals surface area contributed by atoms with Gasteiger partial charge in [0.15, 0.2) is 0 Å². The Balaban J connectivity index is 1.46. The van der Waals surface area contributed by atoms with Crippen LogP contribution in [-0.2, 0) is 4.74 Å². The van der Waals surface area contributed by atoms with Gasteiger partial charge in [0.25, 0.3) is 5.91 Å². The maximum absolute atomic E-state index is 12.8. The first-order chi connectivity index (χ1) is 13.8. The normalized spacial score (nSPS) is 13.9. The third-order valence-electron chi connectivity index (χ3n) is 4.34. The monoisotopic (exact) mass is 392 g/mol. The number of morpholine rings is 1. The van der Waals surface area contributed by atoms with Crippen molar-refractivity contribution in [2.45, 2.75) is 9.92 Å². The van der Waals surface area contributed by atoms with Crippen molar-refractivity contribution in [1.82, 2.24) is 9.97 Å². The van der Waals surface area contributed by atoms with Crippen LogP contribution < -0.4 is 10.2 Å². The molecular formula is C21H20N4O2S. The molecular weight excluding hydrogens is 372 g/mol. The Morgan fingerprint density at radius 3 is 2.57 bits per heavy atom. The second-order valence-electron chi connectivity index (χ2n) is 6.23. The van der Waals surface area contributed by atoms with E-state index in [0.717, 1.165) is 36.9 Å². The molecule has 28 heavy (non-hydrogen) atoms. The van der Waals surface area contributed by atoms with Gasteiger partial charge in [-0.3, -0.25) is 4.79 Å². The molecule has 6 nitrogen and oxygen atoms in total. The van der Waals surface area contributed by atoms with E-state index in [1.165, 1.54) is 11.8 Å². The van der Waals surface area contributed by atoms with Crippen molar-refractivity contribution >= 4 is 29.2 Å². The van der Waals surface area contributed by atoms with Crippen LogP contribution in [0.3, 0.4) is 0 Å². The SMILES string of the molecule is O=C(Nc1ccc(N2CCOCC2)cn1)c1cccnc1Sc1ccccc1. The summed E-state index contributed by atoms with van der Waals surface area (Å²) in [6.45, 7) is 3.15. The Hall–Kier alpha value is -2.90. The van der Waals surface area contributed by atoms with Gasteiger partial charge >= 0.3 is 0 Å². The van der Waals surface area contributed by atoms with Gasteiger partial charge in [-0.2, -0.15) is 0 Å². The van der Waals surface area contributed by atoms with E-state index in [-0.39, 0.29) is 5.91 Å². The number of nitrogens with zero attached hydrogens (tertiary/aromatic N) is 3. The van der Waals surface area contributed by atoms with Crippen molar-refractivity contribution in [1.29, 1.82) is 0 Å². The summed E-state index contributed by atoms with van der Waals surface area (Å²) in [5.74, 6) is 0.291. The zero-order valence-corrected chi connectivity index (χ0v) is 16.1. The van der Waals surface area contributed by atoms with E-state index in [1.54, 1.807) is 24.5 Å². The molecule has 0 saturated carbocycles. The quantitative estimate of drug-likeness (QED) is 0.714. The van der Waals surface area contributed by atoms with Crippen LogP contribution in [0.1, 0.15) is 10.4 Å². The number of carbonyl (C=O) groups excluding carboxylic acids is 1. The summed E-state index contributed by atoms with van der Waals surface area (Å²) >= 11 is 1.46. The summed E-state index contributed by atoms with van der Waals surface area (Å²) in [4.78, 5) is 24.8. The molecule has 0 aliphatic carbocycles. The molecule has 3 heterocycles. The molecule has 0 atom stereocenters. The fraction of sp³-hybridized carbons (Fsp3) is 0.190. The molecule has 7 heteroatoms. The van der Waals surface area contributed by atoms with Crippen LogP contribution in [0.5, 0.6) is 0 Å². The molecule has 1 N–H and O–H groups in total. The van der Waals surface area contributed by atoms with E-state index in [4.69, 9.17) is 4.74 Å². The van der Waals surface area contributed by atoms with Crippen molar-refractivity contribution < 1.29 is 9.53 Å². The number of nitrogens with one attached hydrogen (secondary N) is 1. The summed E-state index contributed by atoms with van der Waals surface area (Å²) < 4.78 is 5.37. The van der Waals surface area contributed by atoms with Crippen molar-refractivity contribution in [3.8, 4) is 0 Å². The Morgan fingerprint density at radius 1 is 1.00 bits per heavy atom. The van der Waals surface area contributed by atoms with Crippen LogP contribution in [0.25, 0.3) is 0 Å². The number of benzene rings is 1. The highest BCUT2D eigenvalue weighted by Gasteiger charge is 2.15. The van der Waals surface area contributed by atoms with Crippen LogP contribution in [0.2, 0.25) is 0 Å². The fourth-order valence-corrected chi connectivity index (χ4v) is 3.80. The lowest BCUT2D eigenvalue weighted by Gasteiger charge is -2.28. The van der Waals surface area contributed by atoms with Gasteiger partial charge in [0.1, 0.15) is 10.8 Å². The third kappa shape index (κ3) is 4.49. The molecule has 4 rings (SSSR count). The fourth-order valence-electron chi connectivity index (χ4n) is 2.90. The highest BCUT2D eigenvalue weighted by atomic mass is 32.2. The topological polar surface area (TPSA) is 67.4 Å². The maximum Gasteiger partial charge on any atom is 0.259 e. The molecule has 3 aromatic rings. The lowest BCUT2D eigenvalue weighted by atomic mass is 10.2. The molecule has 1 aliphatic rings. The highest BCUT2D eigenvalue weighted by Crippen LogP contribution is 2.28. The van der Waals surface area contributed by atoms with Crippen molar-refractivity contribution in [3.63, 3.8) is 0 Å². The molecule has 2 aromatic heterocycles. The molecule has 0 radical (unpaired) electrons. The number of hydrogen-bond acceptors (Lipinski definition) is 6. The van der Waals surface area contributed by atoms with Gasteiger partial charge in [-0.15, -0.1) is 0 Å². The summed E-state index contributed by atoms with van der Waals surface area (Å²) in [5.41, 5.74) is 1.55. The van der Waals surface area contributed by atoms with Crippen molar-refractivity contribution in [2.24, 2.45) is 0 Å². The second kappa shape index (κ2) is 8.86. The smallest absolute Gasteiger partial charge is 0.259 e. The molecule has 1 amide bonds. The summed E-state index contributed by atoms with van der Waals surface area (Å²) in [6.07, 6.45) is 3.47. The highest BCUT2D eigenvalue weighted by molar-refractivity contribution is 7.99. The van der Waals surface area contributed by atoms with Gasteiger partial charge in [-0.1, -0.05) is 30.0 Å². The zero-order valence-electron chi connectivity index (χ0n) is 15.2. The maximum atomic E-state index is 12.8. The minimum atomic E-state index is -0.224. The number of amides is 1. The van der Waals surface area contributed by atoms with Gasteiger partial charge in [-0.05, 0) is 36.4 Å². The number of aromatic nitrogens is 2. The largest absolute Gasteiger partial charge is 0.378 e. The first kappa shape index (κ1) is 18.5. The third-order valence-corrected chi connectivity index (χ3v) is 5.37. The summed E-state index contributed by atoms with van der Waals surface area (Å²) in [7, 11) is 0. The number of ether oxygens (including phenoxy) is 1. The van der Waals surface area contributed by atoms with Gasteiger partial charge in [0.2, 0.25) is 0 Å². The average Bonchev–Trinajstić information content (AvgIpc) is 2.76. The lowest BCUT2D eigenvalue weighted by Crippen LogP contribution is -2.36. The van der Waals surface area contributed by atoms with Crippen molar-refractivity contribution in [3.05, 3.63) is 72.6 Å². The zero-order chi connectivity index (χ0) is 19.2. The Labute approximate surface area is 168 Å². The predicted octanol–water partition coefficient (Wildman–Crippen LogP) is 3.72. The van der Waals surface area contributed by atoms with Gasteiger partial charge < -0.3 is 15.0 Å². The first-order valence-corrected chi connectivity index (χ1v) is 9.89. The van der Waals surface area contributed by atoms with Crippen LogP contribution in [0.4, 0.5) is 11.5 Å². The summed E-state index contributed by atoms with van der Waals surface area (Å²) in [5, 5.41) is 3.53. The average molecular weight is 392 g/mol. The van der Waals surface area contributed by atoms with Crippen LogP contribution in [0.15, 0.2) is 76.9 Å². The number of pyridine rings is 2. The van der Waals surface area contributed by atoms with Gasteiger partial charge in [-0.25, -0.2) is 9.97 Å². The molecule has 0 spiro atoms. The van der Waals surface area contributed by atoms with E-state index in [2.05, 4.69) is 20.2 Å². The number of rotatable bonds is 5. The van der Waals surface area contributed by atoms with Gasteiger partial charge in [0.05, 0.1) is 30.7 Å². The molecule has 1 aromatic carbocycles. The Kier molecular flexibility index (Phi) is 5.84. The van der Waals surface area contributed by atoms with E-state index < -0.39 is 0 Å². The first-order valence-electron chi connectivity index (χ1n) is 9.07. The van der Waals surface area contributed by atoms with Crippen LogP contribution in [0, 0.1) is 0 Å². The molecule has 0 unspecified atom stereocenters. The molecule has 1 aliphatic heterocycles. The Bertz CT molecular complexity index is 929. The van der Waals surface area contributed by atoms with Crippen LogP contribution in [-0.4, -0.2) is 42.2 Å². The second-order valence-corrected chi connectivity index (χ2v) is 7.29. The molecule has 0 bridgehead atoms. The van der Waals surface area contributed by atoms with Gasteiger partial charge in [0, 0.05) is 24.2 Å². The standard InChI is InChI=1S/C21H20N4O2S/c26-20(18-7-4-10-22-21(18)28-17-5-2-1-3-6-17)24-19-9-8-16(15-23-19)25-11-13-27-14-12-25/h1-10,15H,11-14H2,(H,23,24,26). The summed E-state index contributed by atoms with van der Waals surface area (Å²) in [6, 6.07) is 17.2. The molecule has 142 valence electrons. The van der Waals surface area contributed by atoms with E-state index in [9.17, 15) is 4.79 Å². The lowest BCUT2D eigenvalue weighted by molar-refractivity contribution is 0.102. The van der Waals surface area contributed by atoms with Crippen molar-refractivity contribution in [2.75, 3.05) is 36.5 Å². The predicted molar refractivity (Wildman–Crippen MR) is 110 cm³/mol. The minimum absolute atomic E-state index is 0.224. The number of hydrogen-bond donors (Lipinski definition) is 1. The molecule has 1 saturated heterocycles. The van der Waals surface area contributed by atoms with Crippen LogP contribution >= 0.6 is 11.8 Å².